The topological polar surface area (TPSA) is 88.5 Å². The molecule has 0 aliphatic rings. The second-order valence-electron chi connectivity index (χ2n) is 5.41. The molecule has 0 aromatic carbocycles. The summed E-state index contributed by atoms with van der Waals surface area (Å²) in [6.45, 7) is 5.23. The summed E-state index contributed by atoms with van der Waals surface area (Å²) in [5.74, 6) is 0.0787. The molecule has 0 aliphatic carbocycles. The molecule has 1 unspecified atom stereocenters. The molecular formula is C14H30O5S3. The lowest BCUT2D eigenvalue weighted by Crippen LogP contribution is -2.42. The standard InChI is InChI=1S/C14H30O5S3/c1-4-7-9-21(16,17)14(13(11-15)12-20-6-3)22(18,19)10-8-5-2/h13-15H,4-12H2,1-3H3. The van der Waals surface area contributed by atoms with Gasteiger partial charge >= 0.3 is 0 Å². The molecule has 0 aromatic rings. The number of aliphatic hydroxyl groups is 1. The van der Waals surface area contributed by atoms with Crippen molar-refractivity contribution >= 4 is 31.4 Å². The predicted molar refractivity (Wildman–Crippen MR) is 94.8 cm³/mol. The molecule has 0 aromatic heterocycles. The first-order valence-corrected chi connectivity index (χ1v) is 12.5. The maximum atomic E-state index is 12.6. The molecule has 1 N–H and O–H groups in total. The Morgan fingerprint density at radius 2 is 1.36 bits per heavy atom. The SMILES string of the molecule is CCCCS(=O)(=O)C(C(CO)CSCC)S(=O)(=O)CCCC. The molecule has 1 atom stereocenters. The van der Waals surface area contributed by atoms with Crippen molar-refractivity contribution in [2.75, 3.05) is 29.6 Å². The van der Waals surface area contributed by atoms with Crippen LogP contribution in [0.25, 0.3) is 0 Å². The fourth-order valence-electron chi connectivity index (χ4n) is 2.22. The van der Waals surface area contributed by atoms with Gasteiger partial charge in [0.2, 0.25) is 0 Å². The Kier molecular flexibility index (Phi) is 11.0. The van der Waals surface area contributed by atoms with Crippen LogP contribution < -0.4 is 0 Å². The van der Waals surface area contributed by atoms with Gasteiger partial charge in [-0.05, 0) is 18.6 Å². The van der Waals surface area contributed by atoms with Crippen molar-refractivity contribution in [2.24, 2.45) is 5.92 Å². The second-order valence-corrected chi connectivity index (χ2v) is 11.5. The molecule has 0 saturated carbocycles. The Hall–Kier alpha value is 0.210. The summed E-state index contributed by atoms with van der Waals surface area (Å²) >= 11 is 1.46. The van der Waals surface area contributed by atoms with Crippen LogP contribution in [0.4, 0.5) is 0 Å². The minimum Gasteiger partial charge on any atom is -0.396 e. The van der Waals surface area contributed by atoms with E-state index in [4.69, 9.17) is 0 Å². The molecule has 0 heterocycles. The zero-order chi connectivity index (χ0) is 17.2. The molecule has 0 amide bonds. The monoisotopic (exact) mass is 374 g/mol. The molecule has 0 radical (unpaired) electrons. The first kappa shape index (κ1) is 22.2. The molecule has 0 aliphatic heterocycles. The molecule has 22 heavy (non-hydrogen) atoms. The third-order valence-corrected chi connectivity index (χ3v) is 10.2. The third kappa shape index (κ3) is 7.19. The fraction of sp³-hybridized carbons (Fsp3) is 1.00. The smallest absolute Gasteiger partial charge is 0.168 e. The highest BCUT2D eigenvalue weighted by atomic mass is 32.3. The molecule has 5 nitrogen and oxygen atoms in total. The van der Waals surface area contributed by atoms with Gasteiger partial charge in [-0.2, -0.15) is 11.8 Å². The number of sulfone groups is 2. The third-order valence-electron chi connectivity index (χ3n) is 3.43. The van der Waals surface area contributed by atoms with Crippen LogP contribution in [0.3, 0.4) is 0 Å². The first-order valence-electron chi connectivity index (χ1n) is 7.88. The lowest BCUT2D eigenvalue weighted by atomic mass is 10.2. The molecule has 134 valence electrons. The van der Waals surface area contributed by atoms with Gasteiger partial charge in [0.25, 0.3) is 0 Å². The summed E-state index contributed by atoms with van der Waals surface area (Å²) in [5, 5.41) is 9.56. The van der Waals surface area contributed by atoms with Crippen LogP contribution in [0.1, 0.15) is 46.5 Å². The van der Waals surface area contributed by atoms with E-state index >= 15 is 0 Å². The molecule has 0 rings (SSSR count). The van der Waals surface area contributed by atoms with Crippen LogP contribution in [0.2, 0.25) is 0 Å². The number of hydrogen-bond donors (Lipinski definition) is 1. The number of rotatable bonds is 13. The van der Waals surface area contributed by atoms with Crippen LogP contribution in [0.5, 0.6) is 0 Å². The molecule has 0 bridgehead atoms. The van der Waals surface area contributed by atoms with Gasteiger partial charge in [0.15, 0.2) is 24.3 Å². The fourth-order valence-corrected chi connectivity index (χ4v) is 9.05. The average molecular weight is 375 g/mol. The van der Waals surface area contributed by atoms with Gasteiger partial charge in [-0.25, -0.2) is 16.8 Å². The second kappa shape index (κ2) is 10.9. The number of thioether (sulfide) groups is 1. The summed E-state index contributed by atoms with van der Waals surface area (Å²) in [5.41, 5.74) is 0. The Bertz CT molecular complexity index is 447. The number of hydrogen-bond acceptors (Lipinski definition) is 6. The van der Waals surface area contributed by atoms with Gasteiger partial charge < -0.3 is 5.11 Å². The Morgan fingerprint density at radius 1 is 0.909 bits per heavy atom. The van der Waals surface area contributed by atoms with Crippen LogP contribution in [0.15, 0.2) is 0 Å². The summed E-state index contributed by atoms with van der Waals surface area (Å²) in [4.78, 5) is 0. The molecular weight excluding hydrogens is 344 g/mol. The highest BCUT2D eigenvalue weighted by molar-refractivity contribution is 8.09. The number of unbranched alkanes of at least 4 members (excludes halogenated alkanes) is 2. The van der Waals surface area contributed by atoms with Crippen molar-refractivity contribution in [1.29, 1.82) is 0 Å². The zero-order valence-electron chi connectivity index (χ0n) is 13.8. The van der Waals surface area contributed by atoms with Gasteiger partial charge in [-0.3, -0.25) is 0 Å². The van der Waals surface area contributed by atoms with E-state index in [1.54, 1.807) is 0 Å². The summed E-state index contributed by atoms with van der Waals surface area (Å²) < 4.78 is 48.8. The predicted octanol–water partition coefficient (Wildman–Crippen LogP) is 2.10. The van der Waals surface area contributed by atoms with Crippen molar-refractivity contribution in [3.63, 3.8) is 0 Å². The zero-order valence-corrected chi connectivity index (χ0v) is 16.3. The van der Waals surface area contributed by atoms with E-state index in [9.17, 15) is 21.9 Å². The number of aliphatic hydroxyl groups excluding tert-OH is 1. The Morgan fingerprint density at radius 3 is 1.68 bits per heavy atom. The lowest BCUT2D eigenvalue weighted by Gasteiger charge is -2.25. The lowest BCUT2D eigenvalue weighted by molar-refractivity contribution is 0.245. The van der Waals surface area contributed by atoms with Gasteiger partial charge in [0.1, 0.15) is 0 Å². The maximum absolute atomic E-state index is 12.6. The van der Waals surface area contributed by atoms with E-state index in [1.165, 1.54) is 11.8 Å². The van der Waals surface area contributed by atoms with Crippen LogP contribution in [-0.2, 0) is 19.7 Å². The van der Waals surface area contributed by atoms with E-state index in [-0.39, 0.29) is 11.5 Å². The average Bonchev–Trinajstić information content (AvgIpc) is 2.46. The van der Waals surface area contributed by atoms with Crippen LogP contribution >= 0.6 is 11.8 Å². The minimum atomic E-state index is -3.78. The van der Waals surface area contributed by atoms with Gasteiger partial charge in [-0.1, -0.05) is 33.6 Å². The highest BCUT2D eigenvalue weighted by Gasteiger charge is 2.42. The van der Waals surface area contributed by atoms with E-state index in [1.807, 2.05) is 20.8 Å². The maximum Gasteiger partial charge on any atom is 0.168 e. The van der Waals surface area contributed by atoms with Crippen LogP contribution in [-0.4, -0.2) is 56.1 Å². The molecule has 0 fully saturated rings. The Balaban J connectivity index is 5.55. The first-order chi connectivity index (χ1) is 10.3. The Labute approximate surface area is 140 Å². The summed E-state index contributed by atoms with van der Waals surface area (Å²) in [7, 11) is -7.55. The minimum absolute atomic E-state index is 0.132. The van der Waals surface area contributed by atoms with Crippen molar-refractivity contribution in [1.82, 2.24) is 0 Å². The quantitative estimate of drug-likeness (QED) is 0.531. The summed E-state index contributed by atoms with van der Waals surface area (Å²) in [6, 6.07) is 0. The van der Waals surface area contributed by atoms with E-state index in [0.29, 0.717) is 31.4 Å². The molecule has 0 saturated heterocycles. The normalized spacial score (nSPS) is 14.4. The van der Waals surface area contributed by atoms with Crippen LogP contribution in [0, 0.1) is 5.92 Å². The van der Waals surface area contributed by atoms with Crippen molar-refractivity contribution in [3.8, 4) is 0 Å². The van der Waals surface area contributed by atoms with Gasteiger partial charge in [-0.15, -0.1) is 0 Å². The van der Waals surface area contributed by atoms with Crippen molar-refractivity contribution < 1.29 is 21.9 Å². The van der Waals surface area contributed by atoms with Crippen molar-refractivity contribution in [3.05, 3.63) is 0 Å². The summed E-state index contributed by atoms with van der Waals surface area (Å²) in [6.07, 6.45) is 2.27. The van der Waals surface area contributed by atoms with E-state index in [0.717, 1.165) is 5.75 Å². The van der Waals surface area contributed by atoms with E-state index < -0.39 is 36.8 Å². The molecule has 8 heteroatoms. The van der Waals surface area contributed by atoms with Gasteiger partial charge in [0, 0.05) is 18.3 Å². The van der Waals surface area contributed by atoms with Crippen molar-refractivity contribution in [2.45, 2.75) is 51.0 Å². The molecule has 0 spiro atoms. The largest absolute Gasteiger partial charge is 0.396 e. The highest BCUT2D eigenvalue weighted by Crippen LogP contribution is 2.26. The van der Waals surface area contributed by atoms with E-state index in [2.05, 4.69) is 0 Å². The van der Waals surface area contributed by atoms with Gasteiger partial charge in [0.05, 0.1) is 11.5 Å².